The van der Waals surface area contributed by atoms with Gasteiger partial charge >= 0.3 is 5.97 Å². The van der Waals surface area contributed by atoms with Crippen molar-refractivity contribution in [1.82, 2.24) is 5.32 Å². The highest BCUT2D eigenvalue weighted by Crippen LogP contribution is 2.36. The number of hydrogen-bond donors (Lipinski definition) is 1. The van der Waals surface area contributed by atoms with Gasteiger partial charge in [-0.15, -0.1) is 0 Å². The average molecular weight is 255 g/mol. The van der Waals surface area contributed by atoms with Gasteiger partial charge in [0.15, 0.2) is 0 Å². The lowest BCUT2D eigenvalue weighted by Crippen LogP contribution is -2.50. The van der Waals surface area contributed by atoms with E-state index < -0.39 is 0 Å². The van der Waals surface area contributed by atoms with Gasteiger partial charge < -0.3 is 10.1 Å². The Labute approximate surface area is 109 Å². The van der Waals surface area contributed by atoms with Crippen LogP contribution in [0.2, 0.25) is 0 Å². The second kappa shape index (κ2) is 6.21. The molecule has 0 spiro atoms. The van der Waals surface area contributed by atoms with E-state index in [-0.39, 0.29) is 23.3 Å². The van der Waals surface area contributed by atoms with Crippen molar-refractivity contribution in [3.63, 3.8) is 0 Å². The van der Waals surface area contributed by atoms with Crippen molar-refractivity contribution in [3.8, 4) is 0 Å². The number of esters is 1. The third-order valence-corrected chi connectivity index (χ3v) is 4.01. The summed E-state index contributed by atoms with van der Waals surface area (Å²) in [5, 5.41) is 3.06. The summed E-state index contributed by atoms with van der Waals surface area (Å²) in [5.74, 6) is 0.287. The Morgan fingerprint density at radius 3 is 2.56 bits per heavy atom. The molecule has 1 aliphatic carbocycles. The van der Waals surface area contributed by atoms with Gasteiger partial charge in [0.1, 0.15) is 0 Å². The van der Waals surface area contributed by atoms with Crippen LogP contribution < -0.4 is 5.32 Å². The van der Waals surface area contributed by atoms with Gasteiger partial charge in [-0.25, -0.2) is 0 Å². The molecule has 0 aliphatic heterocycles. The fourth-order valence-corrected chi connectivity index (χ4v) is 2.78. The number of nitrogens with one attached hydrogen (secondary N) is 1. The van der Waals surface area contributed by atoms with Crippen molar-refractivity contribution in [3.05, 3.63) is 0 Å². The molecule has 1 fully saturated rings. The molecule has 0 radical (unpaired) electrons. The molecule has 4 nitrogen and oxygen atoms in total. The third kappa shape index (κ3) is 3.72. The van der Waals surface area contributed by atoms with Crippen molar-refractivity contribution >= 4 is 11.9 Å². The maximum atomic E-state index is 11.6. The molecular weight excluding hydrogens is 230 g/mol. The maximum Gasteiger partial charge on any atom is 0.308 e. The van der Waals surface area contributed by atoms with Crippen molar-refractivity contribution < 1.29 is 14.3 Å². The van der Waals surface area contributed by atoms with Gasteiger partial charge in [-0.05, 0) is 39.0 Å². The Hall–Kier alpha value is -1.06. The zero-order valence-electron chi connectivity index (χ0n) is 11.9. The topological polar surface area (TPSA) is 55.4 Å². The first-order valence-corrected chi connectivity index (χ1v) is 6.79. The van der Waals surface area contributed by atoms with E-state index in [4.69, 9.17) is 4.74 Å². The van der Waals surface area contributed by atoms with E-state index in [1.807, 2.05) is 20.8 Å². The maximum absolute atomic E-state index is 11.6. The second-order valence-corrected chi connectivity index (χ2v) is 5.71. The Morgan fingerprint density at radius 1 is 1.33 bits per heavy atom. The standard InChI is InChI=1S/C14H25NO3/c1-5-12(16)15-14(2,3)11-8-6-7-10(9-11)13(17)18-4/h10-11H,5-9H2,1-4H3,(H,15,16)/t10-,11+/m1/s1. The first-order valence-electron chi connectivity index (χ1n) is 6.79. The van der Waals surface area contributed by atoms with Crippen LogP contribution >= 0.6 is 0 Å². The SMILES string of the molecule is CCC(=O)NC(C)(C)[C@H]1CCC[C@@H](C(=O)OC)C1. The Kier molecular flexibility index (Phi) is 5.17. The van der Waals surface area contributed by atoms with Gasteiger partial charge in [0, 0.05) is 12.0 Å². The molecule has 0 saturated heterocycles. The quantitative estimate of drug-likeness (QED) is 0.784. The lowest BCUT2D eigenvalue weighted by Gasteiger charge is -2.39. The first kappa shape index (κ1) is 15.0. The van der Waals surface area contributed by atoms with Crippen LogP contribution in [0.4, 0.5) is 0 Å². The van der Waals surface area contributed by atoms with Crippen LogP contribution in [-0.4, -0.2) is 24.5 Å². The smallest absolute Gasteiger partial charge is 0.308 e. The number of methoxy groups -OCH3 is 1. The van der Waals surface area contributed by atoms with E-state index in [1.54, 1.807) is 0 Å². The summed E-state index contributed by atoms with van der Waals surface area (Å²) in [6.45, 7) is 5.94. The van der Waals surface area contributed by atoms with Crippen LogP contribution in [0.15, 0.2) is 0 Å². The highest BCUT2D eigenvalue weighted by atomic mass is 16.5. The lowest BCUT2D eigenvalue weighted by atomic mass is 9.72. The molecule has 0 heterocycles. The van der Waals surface area contributed by atoms with Crippen molar-refractivity contribution in [2.75, 3.05) is 7.11 Å². The molecule has 0 aromatic heterocycles. The van der Waals surface area contributed by atoms with Crippen LogP contribution in [0.5, 0.6) is 0 Å². The number of ether oxygens (including phenoxy) is 1. The van der Waals surface area contributed by atoms with E-state index in [1.165, 1.54) is 7.11 Å². The minimum absolute atomic E-state index is 0.00782. The second-order valence-electron chi connectivity index (χ2n) is 5.71. The van der Waals surface area contributed by atoms with Gasteiger partial charge in [0.25, 0.3) is 0 Å². The summed E-state index contributed by atoms with van der Waals surface area (Å²) in [5.41, 5.74) is -0.250. The largest absolute Gasteiger partial charge is 0.469 e. The predicted molar refractivity (Wildman–Crippen MR) is 70.0 cm³/mol. The minimum Gasteiger partial charge on any atom is -0.469 e. The molecular formula is C14H25NO3. The summed E-state index contributed by atoms with van der Waals surface area (Å²) < 4.78 is 4.83. The fourth-order valence-electron chi connectivity index (χ4n) is 2.78. The Morgan fingerprint density at radius 2 is 2.00 bits per heavy atom. The zero-order chi connectivity index (χ0) is 13.8. The molecule has 1 saturated carbocycles. The molecule has 0 bridgehead atoms. The van der Waals surface area contributed by atoms with Gasteiger partial charge in [0.2, 0.25) is 5.91 Å². The summed E-state index contributed by atoms with van der Waals surface area (Å²) in [4.78, 5) is 23.1. The molecule has 0 unspecified atom stereocenters. The van der Waals surface area contributed by atoms with Gasteiger partial charge in [-0.3, -0.25) is 9.59 Å². The monoisotopic (exact) mass is 255 g/mol. The van der Waals surface area contributed by atoms with Crippen LogP contribution in [0, 0.1) is 11.8 Å². The number of rotatable bonds is 4. The van der Waals surface area contributed by atoms with Crippen LogP contribution in [0.25, 0.3) is 0 Å². The summed E-state index contributed by atoms with van der Waals surface area (Å²) in [7, 11) is 1.44. The summed E-state index contributed by atoms with van der Waals surface area (Å²) in [6.07, 6.45) is 4.29. The Bertz CT molecular complexity index is 312. The molecule has 1 amide bonds. The average Bonchev–Trinajstić information content (AvgIpc) is 2.37. The summed E-state index contributed by atoms with van der Waals surface area (Å²) in [6, 6.07) is 0. The summed E-state index contributed by atoms with van der Waals surface area (Å²) >= 11 is 0. The van der Waals surface area contributed by atoms with E-state index in [9.17, 15) is 9.59 Å². The van der Waals surface area contributed by atoms with Crippen LogP contribution in [0.1, 0.15) is 52.9 Å². The highest BCUT2D eigenvalue weighted by Gasteiger charge is 2.37. The van der Waals surface area contributed by atoms with Gasteiger partial charge in [-0.2, -0.15) is 0 Å². The lowest BCUT2D eigenvalue weighted by molar-refractivity contribution is -0.147. The molecule has 104 valence electrons. The number of carbonyl (C=O) groups excluding carboxylic acids is 2. The molecule has 2 atom stereocenters. The van der Waals surface area contributed by atoms with Gasteiger partial charge in [-0.1, -0.05) is 13.3 Å². The Balaban J connectivity index is 2.64. The van der Waals surface area contributed by atoms with E-state index in [0.29, 0.717) is 12.3 Å². The molecule has 1 N–H and O–H groups in total. The minimum atomic E-state index is -0.250. The predicted octanol–water partition coefficient (Wildman–Crippen LogP) is 2.27. The van der Waals surface area contributed by atoms with Gasteiger partial charge in [0.05, 0.1) is 13.0 Å². The number of amides is 1. The first-order chi connectivity index (χ1) is 8.40. The van der Waals surface area contributed by atoms with Crippen molar-refractivity contribution in [2.45, 2.75) is 58.4 Å². The molecule has 18 heavy (non-hydrogen) atoms. The molecule has 1 rings (SSSR count). The van der Waals surface area contributed by atoms with E-state index >= 15 is 0 Å². The van der Waals surface area contributed by atoms with E-state index in [2.05, 4.69) is 5.32 Å². The molecule has 1 aliphatic rings. The number of hydrogen-bond acceptors (Lipinski definition) is 3. The molecule has 0 aromatic rings. The van der Waals surface area contributed by atoms with Crippen molar-refractivity contribution in [1.29, 1.82) is 0 Å². The van der Waals surface area contributed by atoms with E-state index in [0.717, 1.165) is 25.7 Å². The third-order valence-electron chi connectivity index (χ3n) is 4.01. The fraction of sp³-hybridized carbons (Fsp3) is 0.857. The van der Waals surface area contributed by atoms with Crippen molar-refractivity contribution in [2.24, 2.45) is 11.8 Å². The normalized spacial score (nSPS) is 24.4. The van der Waals surface area contributed by atoms with Crippen LogP contribution in [0.3, 0.4) is 0 Å². The van der Waals surface area contributed by atoms with Crippen LogP contribution in [-0.2, 0) is 14.3 Å². The highest BCUT2D eigenvalue weighted by molar-refractivity contribution is 5.76. The molecule has 0 aromatic carbocycles. The zero-order valence-corrected chi connectivity index (χ0v) is 11.9. The number of carbonyl (C=O) groups is 2. The molecule has 4 heteroatoms.